The van der Waals surface area contributed by atoms with Crippen molar-refractivity contribution in [2.24, 2.45) is 0 Å². The molecule has 12 heavy (non-hydrogen) atoms. The van der Waals surface area contributed by atoms with Crippen LogP contribution in [0.3, 0.4) is 0 Å². The monoisotopic (exact) mass is 281 g/mol. The van der Waals surface area contributed by atoms with Crippen molar-refractivity contribution in [2.75, 3.05) is 14.2 Å². The van der Waals surface area contributed by atoms with Crippen molar-refractivity contribution in [1.29, 1.82) is 0 Å². The van der Waals surface area contributed by atoms with Crippen LogP contribution in [0.2, 0.25) is 0 Å². The zero-order chi connectivity index (χ0) is 9.14. The van der Waals surface area contributed by atoms with E-state index < -0.39 is 0 Å². The Morgan fingerprint density at radius 3 is 2.58 bits per heavy atom. The number of aromatic amines is 1. The molecule has 0 aliphatic rings. The van der Waals surface area contributed by atoms with Crippen LogP contribution in [-0.4, -0.2) is 19.2 Å². The summed E-state index contributed by atoms with van der Waals surface area (Å²) in [6.07, 6.45) is 1.57. The molecule has 0 aliphatic carbocycles. The van der Waals surface area contributed by atoms with Crippen LogP contribution < -0.4 is 14.9 Å². The summed E-state index contributed by atoms with van der Waals surface area (Å²) in [5.41, 5.74) is -0.159. The number of H-pyrrole nitrogens is 1. The topological polar surface area (TPSA) is 51.3 Å². The number of rotatable bonds is 2. The van der Waals surface area contributed by atoms with Crippen LogP contribution in [0.25, 0.3) is 0 Å². The van der Waals surface area contributed by atoms with Crippen molar-refractivity contribution in [3.05, 3.63) is 20.0 Å². The minimum Gasteiger partial charge on any atom is -0.488 e. The molecule has 0 spiro atoms. The third-order valence-electron chi connectivity index (χ3n) is 1.37. The van der Waals surface area contributed by atoms with Crippen LogP contribution in [-0.2, 0) is 0 Å². The summed E-state index contributed by atoms with van der Waals surface area (Å²) >= 11 is 1.93. The first kappa shape index (κ1) is 9.37. The fourth-order valence-electron chi connectivity index (χ4n) is 0.809. The molecule has 0 aromatic carbocycles. The molecule has 66 valence electrons. The highest BCUT2D eigenvalue weighted by Crippen LogP contribution is 2.19. The Hall–Kier alpha value is -0.720. The molecule has 0 atom stereocenters. The van der Waals surface area contributed by atoms with Crippen LogP contribution >= 0.6 is 22.6 Å². The number of methoxy groups -OCH3 is 2. The number of hydrogen-bond donors (Lipinski definition) is 1. The molecule has 0 unspecified atom stereocenters. The molecule has 0 fully saturated rings. The largest absolute Gasteiger partial charge is 0.488 e. The summed E-state index contributed by atoms with van der Waals surface area (Å²) < 4.78 is 10.3. The molecular formula is C7H8INO3. The smallest absolute Gasteiger partial charge is 0.240 e. The lowest BCUT2D eigenvalue weighted by Crippen LogP contribution is -2.11. The van der Waals surface area contributed by atoms with Gasteiger partial charge in [0.1, 0.15) is 0 Å². The van der Waals surface area contributed by atoms with Gasteiger partial charge in [0.2, 0.25) is 17.1 Å². The van der Waals surface area contributed by atoms with E-state index in [9.17, 15) is 4.79 Å². The maximum Gasteiger partial charge on any atom is 0.240 e. The quantitative estimate of drug-likeness (QED) is 0.823. The fraction of sp³-hybridized carbons (Fsp3) is 0.286. The third-order valence-corrected chi connectivity index (χ3v) is 2.17. The second-order valence-electron chi connectivity index (χ2n) is 2.03. The van der Waals surface area contributed by atoms with Gasteiger partial charge in [0, 0.05) is 6.20 Å². The number of hydrogen-bond acceptors (Lipinski definition) is 3. The van der Waals surface area contributed by atoms with E-state index in [-0.39, 0.29) is 11.2 Å². The predicted octanol–water partition coefficient (Wildman–Crippen LogP) is 0.997. The zero-order valence-electron chi connectivity index (χ0n) is 6.68. The highest BCUT2D eigenvalue weighted by Gasteiger charge is 2.10. The summed E-state index contributed by atoms with van der Waals surface area (Å²) in [5.74, 6) is 0.562. The molecule has 1 aromatic heterocycles. The lowest BCUT2D eigenvalue weighted by Gasteiger charge is -2.05. The number of nitrogens with one attached hydrogen (secondary N) is 1. The van der Waals surface area contributed by atoms with E-state index in [2.05, 4.69) is 4.98 Å². The minimum atomic E-state index is -0.159. The highest BCUT2D eigenvalue weighted by molar-refractivity contribution is 14.1. The first-order valence-electron chi connectivity index (χ1n) is 3.20. The predicted molar refractivity (Wildman–Crippen MR) is 52.9 cm³/mol. The molecule has 0 amide bonds. The lowest BCUT2D eigenvalue weighted by molar-refractivity contribution is 0.340. The maximum absolute atomic E-state index is 11.3. The summed E-state index contributed by atoms with van der Waals surface area (Å²) in [4.78, 5) is 14.1. The van der Waals surface area contributed by atoms with E-state index in [0.717, 1.165) is 0 Å². The van der Waals surface area contributed by atoms with Crippen LogP contribution in [0, 0.1) is 3.57 Å². The van der Waals surface area contributed by atoms with Gasteiger partial charge in [0.25, 0.3) is 0 Å². The zero-order valence-corrected chi connectivity index (χ0v) is 8.84. The molecule has 5 heteroatoms. The molecule has 0 saturated heterocycles. The fourth-order valence-corrected chi connectivity index (χ4v) is 1.21. The van der Waals surface area contributed by atoms with Crippen LogP contribution in [0.5, 0.6) is 11.6 Å². The Balaban J connectivity index is 3.36. The molecule has 1 aromatic rings. The van der Waals surface area contributed by atoms with Gasteiger partial charge in [-0.3, -0.25) is 4.79 Å². The highest BCUT2D eigenvalue weighted by atomic mass is 127. The molecule has 1 N–H and O–H groups in total. The van der Waals surface area contributed by atoms with Gasteiger partial charge in [-0.15, -0.1) is 0 Å². The van der Waals surface area contributed by atoms with Crippen molar-refractivity contribution in [3.63, 3.8) is 0 Å². The second-order valence-corrected chi connectivity index (χ2v) is 3.19. The Morgan fingerprint density at radius 1 is 1.42 bits per heavy atom. The molecule has 1 rings (SSSR count). The van der Waals surface area contributed by atoms with Gasteiger partial charge in [0.05, 0.1) is 17.8 Å². The van der Waals surface area contributed by atoms with Gasteiger partial charge >= 0.3 is 0 Å². The normalized spacial score (nSPS) is 9.58. The Morgan fingerprint density at radius 2 is 2.08 bits per heavy atom. The van der Waals surface area contributed by atoms with E-state index in [0.29, 0.717) is 9.45 Å². The third kappa shape index (κ3) is 1.55. The first-order chi connectivity index (χ1) is 5.70. The van der Waals surface area contributed by atoms with Crippen LogP contribution in [0.15, 0.2) is 11.0 Å². The molecule has 4 nitrogen and oxygen atoms in total. The molecule has 0 aliphatic heterocycles. The van der Waals surface area contributed by atoms with E-state index in [1.54, 1.807) is 6.20 Å². The van der Waals surface area contributed by atoms with Crippen LogP contribution in [0.4, 0.5) is 0 Å². The van der Waals surface area contributed by atoms with E-state index in [1.807, 2.05) is 22.6 Å². The SMILES string of the molecule is COc1[nH]cc(I)c(=O)c1OC. The van der Waals surface area contributed by atoms with E-state index in [4.69, 9.17) is 9.47 Å². The van der Waals surface area contributed by atoms with Crippen molar-refractivity contribution in [1.82, 2.24) is 4.98 Å². The number of ether oxygens (including phenoxy) is 2. The Bertz CT molecular complexity index is 334. The molecule has 0 radical (unpaired) electrons. The maximum atomic E-state index is 11.3. The Labute approximate surface area is 83.0 Å². The Kier molecular flexibility index (Phi) is 2.96. The minimum absolute atomic E-state index is 0.159. The molecular weight excluding hydrogens is 273 g/mol. The van der Waals surface area contributed by atoms with Gasteiger partial charge < -0.3 is 14.5 Å². The van der Waals surface area contributed by atoms with Crippen molar-refractivity contribution >= 4 is 22.6 Å². The second kappa shape index (κ2) is 3.79. The summed E-state index contributed by atoms with van der Waals surface area (Å²) in [6, 6.07) is 0. The van der Waals surface area contributed by atoms with Gasteiger partial charge in [-0.25, -0.2) is 0 Å². The van der Waals surface area contributed by atoms with Gasteiger partial charge in [-0.1, -0.05) is 0 Å². The number of aromatic nitrogens is 1. The molecule has 0 saturated carbocycles. The molecule has 1 heterocycles. The van der Waals surface area contributed by atoms with Crippen molar-refractivity contribution in [2.45, 2.75) is 0 Å². The standard InChI is InChI=1S/C7H8INO3/c1-11-6-5(10)4(8)3-9-7(6)12-2/h3H,1-2H3,(H,9,10). The molecule has 0 bridgehead atoms. The summed E-state index contributed by atoms with van der Waals surface area (Å²) in [5, 5.41) is 0. The van der Waals surface area contributed by atoms with Crippen molar-refractivity contribution < 1.29 is 9.47 Å². The van der Waals surface area contributed by atoms with E-state index >= 15 is 0 Å². The van der Waals surface area contributed by atoms with Gasteiger partial charge in [-0.2, -0.15) is 0 Å². The average Bonchev–Trinajstić information content (AvgIpc) is 2.09. The van der Waals surface area contributed by atoms with Crippen molar-refractivity contribution in [3.8, 4) is 11.6 Å². The average molecular weight is 281 g/mol. The number of halogens is 1. The number of pyridine rings is 1. The van der Waals surface area contributed by atoms with Gasteiger partial charge in [0.15, 0.2) is 0 Å². The van der Waals surface area contributed by atoms with E-state index in [1.165, 1.54) is 14.2 Å². The summed E-state index contributed by atoms with van der Waals surface area (Å²) in [6.45, 7) is 0. The van der Waals surface area contributed by atoms with Crippen LogP contribution in [0.1, 0.15) is 0 Å². The van der Waals surface area contributed by atoms with Gasteiger partial charge in [-0.05, 0) is 22.6 Å². The lowest BCUT2D eigenvalue weighted by atomic mass is 10.4. The first-order valence-corrected chi connectivity index (χ1v) is 4.27. The summed E-state index contributed by atoms with van der Waals surface area (Å²) in [7, 11) is 2.91.